The molecule has 2 amide bonds. The van der Waals surface area contributed by atoms with Gasteiger partial charge in [0.1, 0.15) is 0 Å². The highest BCUT2D eigenvalue weighted by atomic mass is 16.2. The highest BCUT2D eigenvalue weighted by Gasteiger charge is 2.14. The molecule has 126 valence electrons. The minimum Gasteiger partial charge on any atom is -0.326 e. The van der Waals surface area contributed by atoms with E-state index in [0.717, 1.165) is 30.0 Å². The van der Waals surface area contributed by atoms with Gasteiger partial charge in [0.2, 0.25) is 11.8 Å². The molecule has 1 fully saturated rings. The summed E-state index contributed by atoms with van der Waals surface area (Å²) in [6.07, 6.45) is 5.30. The van der Waals surface area contributed by atoms with Crippen molar-refractivity contribution in [3.63, 3.8) is 0 Å². The summed E-state index contributed by atoms with van der Waals surface area (Å²) in [4.78, 5) is 26.1. The second kappa shape index (κ2) is 8.67. The first-order valence-electron chi connectivity index (χ1n) is 8.52. The third-order valence-corrected chi connectivity index (χ3v) is 4.27. The molecule has 0 radical (unpaired) electrons. The Kier molecular flexibility index (Phi) is 6.59. The molecule has 0 spiro atoms. The minimum atomic E-state index is -0.0267. The van der Waals surface area contributed by atoms with Gasteiger partial charge in [-0.2, -0.15) is 0 Å². The van der Waals surface area contributed by atoms with Crippen LogP contribution in [0.3, 0.4) is 0 Å². The molecule has 0 bridgehead atoms. The molecule has 2 N–H and O–H groups in total. The Morgan fingerprint density at radius 2 is 1.57 bits per heavy atom. The van der Waals surface area contributed by atoms with Crippen molar-refractivity contribution >= 4 is 23.2 Å². The molecule has 2 rings (SSSR count). The van der Waals surface area contributed by atoms with E-state index in [-0.39, 0.29) is 11.8 Å². The van der Waals surface area contributed by atoms with Crippen LogP contribution in [-0.2, 0) is 9.59 Å². The standard InChI is InChI=1S/C18H27N3O2/c1-3-17(22)19-15-9-8-10-16(14(15)2)20-18(23)13-21-11-6-4-5-7-12-21/h8-10H,3-7,11-13H2,1-2H3,(H,19,22)(H,20,23). The zero-order valence-corrected chi connectivity index (χ0v) is 14.2. The van der Waals surface area contributed by atoms with Gasteiger partial charge in [0.05, 0.1) is 6.54 Å². The Morgan fingerprint density at radius 3 is 2.13 bits per heavy atom. The number of nitrogens with one attached hydrogen (secondary N) is 2. The number of anilines is 2. The number of carbonyl (C=O) groups is 2. The second-order valence-electron chi connectivity index (χ2n) is 6.12. The molecule has 1 aliphatic rings. The van der Waals surface area contributed by atoms with Crippen molar-refractivity contribution in [1.29, 1.82) is 0 Å². The zero-order chi connectivity index (χ0) is 16.7. The van der Waals surface area contributed by atoms with Crippen LogP contribution in [0.5, 0.6) is 0 Å². The first-order valence-corrected chi connectivity index (χ1v) is 8.52. The van der Waals surface area contributed by atoms with Crippen molar-refractivity contribution in [2.75, 3.05) is 30.3 Å². The first-order chi connectivity index (χ1) is 11.1. The lowest BCUT2D eigenvalue weighted by Gasteiger charge is -2.20. The summed E-state index contributed by atoms with van der Waals surface area (Å²) in [5, 5.41) is 5.84. The van der Waals surface area contributed by atoms with Crippen LogP contribution in [0, 0.1) is 6.92 Å². The predicted octanol–water partition coefficient (Wildman–Crippen LogP) is 3.16. The van der Waals surface area contributed by atoms with Gasteiger partial charge in [0, 0.05) is 17.8 Å². The Balaban J connectivity index is 1.97. The van der Waals surface area contributed by atoms with Crippen molar-refractivity contribution < 1.29 is 9.59 Å². The van der Waals surface area contributed by atoms with Gasteiger partial charge in [-0.05, 0) is 50.6 Å². The van der Waals surface area contributed by atoms with Crippen LogP contribution < -0.4 is 10.6 Å². The molecule has 0 saturated carbocycles. The van der Waals surface area contributed by atoms with Gasteiger partial charge in [-0.3, -0.25) is 14.5 Å². The lowest BCUT2D eigenvalue weighted by Crippen LogP contribution is -2.34. The van der Waals surface area contributed by atoms with E-state index in [1.54, 1.807) is 0 Å². The normalized spacial score (nSPS) is 15.7. The maximum Gasteiger partial charge on any atom is 0.238 e. The molecule has 23 heavy (non-hydrogen) atoms. The lowest BCUT2D eigenvalue weighted by molar-refractivity contribution is -0.117. The van der Waals surface area contributed by atoms with E-state index in [1.165, 1.54) is 25.7 Å². The quantitative estimate of drug-likeness (QED) is 0.877. The van der Waals surface area contributed by atoms with E-state index in [2.05, 4.69) is 15.5 Å². The number of benzene rings is 1. The van der Waals surface area contributed by atoms with Crippen LogP contribution in [0.2, 0.25) is 0 Å². The molecule has 5 heteroatoms. The topological polar surface area (TPSA) is 61.4 Å². The average Bonchev–Trinajstić information content (AvgIpc) is 2.79. The predicted molar refractivity (Wildman–Crippen MR) is 93.6 cm³/mol. The van der Waals surface area contributed by atoms with Gasteiger partial charge < -0.3 is 10.6 Å². The smallest absolute Gasteiger partial charge is 0.238 e. The Bertz CT molecular complexity index is 549. The van der Waals surface area contributed by atoms with Crippen LogP contribution in [-0.4, -0.2) is 36.3 Å². The molecule has 5 nitrogen and oxygen atoms in total. The summed E-state index contributed by atoms with van der Waals surface area (Å²) in [5.41, 5.74) is 2.40. The van der Waals surface area contributed by atoms with E-state index < -0.39 is 0 Å². The summed E-state index contributed by atoms with van der Waals surface area (Å²) >= 11 is 0. The van der Waals surface area contributed by atoms with Crippen molar-refractivity contribution in [2.24, 2.45) is 0 Å². The molecular formula is C18H27N3O2. The van der Waals surface area contributed by atoms with Crippen LogP contribution in [0.4, 0.5) is 11.4 Å². The first kappa shape index (κ1) is 17.5. The van der Waals surface area contributed by atoms with Crippen LogP contribution in [0.25, 0.3) is 0 Å². The van der Waals surface area contributed by atoms with Gasteiger partial charge in [-0.1, -0.05) is 25.8 Å². The van der Waals surface area contributed by atoms with E-state index in [4.69, 9.17) is 0 Å². The molecule has 1 aromatic carbocycles. The Morgan fingerprint density at radius 1 is 1.00 bits per heavy atom. The van der Waals surface area contributed by atoms with E-state index in [1.807, 2.05) is 32.0 Å². The van der Waals surface area contributed by atoms with Crippen LogP contribution in [0.1, 0.15) is 44.6 Å². The van der Waals surface area contributed by atoms with Gasteiger partial charge in [-0.25, -0.2) is 0 Å². The number of hydrogen-bond acceptors (Lipinski definition) is 3. The monoisotopic (exact) mass is 317 g/mol. The molecule has 1 heterocycles. The molecule has 1 aliphatic heterocycles. The minimum absolute atomic E-state index is 0.00830. The lowest BCUT2D eigenvalue weighted by atomic mass is 10.1. The van der Waals surface area contributed by atoms with Crippen molar-refractivity contribution in [1.82, 2.24) is 4.90 Å². The molecule has 0 aromatic heterocycles. The summed E-state index contributed by atoms with van der Waals surface area (Å²) in [7, 11) is 0. The molecule has 1 aromatic rings. The number of hydrogen-bond donors (Lipinski definition) is 2. The molecular weight excluding hydrogens is 290 g/mol. The fourth-order valence-corrected chi connectivity index (χ4v) is 2.83. The zero-order valence-electron chi connectivity index (χ0n) is 14.2. The fraction of sp³-hybridized carbons (Fsp3) is 0.556. The number of likely N-dealkylation sites (tertiary alicyclic amines) is 1. The number of amides is 2. The van der Waals surface area contributed by atoms with Gasteiger partial charge in [0.15, 0.2) is 0 Å². The summed E-state index contributed by atoms with van der Waals surface area (Å²) in [5.74, 6) is -0.0184. The second-order valence-corrected chi connectivity index (χ2v) is 6.12. The highest BCUT2D eigenvalue weighted by Crippen LogP contribution is 2.23. The third kappa shape index (κ3) is 5.36. The highest BCUT2D eigenvalue weighted by molar-refractivity contribution is 5.96. The number of carbonyl (C=O) groups excluding carboxylic acids is 2. The summed E-state index contributed by atoms with van der Waals surface area (Å²) in [6.45, 7) is 6.16. The van der Waals surface area contributed by atoms with Crippen molar-refractivity contribution in [2.45, 2.75) is 46.0 Å². The molecule has 1 saturated heterocycles. The maximum atomic E-state index is 12.3. The van der Waals surface area contributed by atoms with Crippen LogP contribution >= 0.6 is 0 Å². The Labute approximate surface area is 138 Å². The van der Waals surface area contributed by atoms with Gasteiger partial charge in [0.25, 0.3) is 0 Å². The largest absolute Gasteiger partial charge is 0.326 e. The third-order valence-electron chi connectivity index (χ3n) is 4.27. The van der Waals surface area contributed by atoms with Crippen molar-refractivity contribution in [3.8, 4) is 0 Å². The SMILES string of the molecule is CCC(=O)Nc1cccc(NC(=O)CN2CCCCCC2)c1C. The molecule has 0 aliphatic carbocycles. The van der Waals surface area contributed by atoms with Crippen molar-refractivity contribution in [3.05, 3.63) is 23.8 Å². The van der Waals surface area contributed by atoms with E-state index in [0.29, 0.717) is 13.0 Å². The fourth-order valence-electron chi connectivity index (χ4n) is 2.83. The van der Waals surface area contributed by atoms with E-state index in [9.17, 15) is 9.59 Å². The molecule has 0 unspecified atom stereocenters. The number of nitrogens with zero attached hydrogens (tertiary/aromatic N) is 1. The Hall–Kier alpha value is -1.88. The summed E-state index contributed by atoms with van der Waals surface area (Å²) in [6, 6.07) is 5.57. The molecule has 0 atom stereocenters. The number of rotatable bonds is 5. The maximum absolute atomic E-state index is 12.3. The van der Waals surface area contributed by atoms with Gasteiger partial charge in [-0.15, -0.1) is 0 Å². The van der Waals surface area contributed by atoms with Crippen LogP contribution in [0.15, 0.2) is 18.2 Å². The average molecular weight is 317 g/mol. The summed E-state index contributed by atoms with van der Waals surface area (Å²) < 4.78 is 0. The van der Waals surface area contributed by atoms with E-state index >= 15 is 0 Å². The van der Waals surface area contributed by atoms with Gasteiger partial charge >= 0.3 is 0 Å².